The van der Waals surface area contributed by atoms with Gasteiger partial charge in [-0.25, -0.2) is 4.79 Å². The fraction of sp³-hybridized carbons (Fsp3) is 0.278. The summed E-state index contributed by atoms with van der Waals surface area (Å²) in [4.78, 5) is 13.2. The molecular formula is C18H21NO3. The van der Waals surface area contributed by atoms with Crippen LogP contribution in [0.25, 0.3) is 11.1 Å². The third-order valence-electron chi connectivity index (χ3n) is 3.51. The second-order valence-electron chi connectivity index (χ2n) is 5.79. The fourth-order valence-corrected chi connectivity index (χ4v) is 2.33. The van der Waals surface area contributed by atoms with Gasteiger partial charge in [-0.05, 0) is 55.9 Å². The van der Waals surface area contributed by atoms with Crippen LogP contribution in [-0.2, 0) is 0 Å². The van der Waals surface area contributed by atoms with E-state index in [9.17, 15) is 15.0 Å². The van der Waals surface area contributed by atoms with Gasteiger partial charge in [0.05, 0.1) is 11.7 Å². The van der Waals surface area contributed by atoms with Crippen LogP contribution in [0.2, 0.25) is 0 Å². The van der Waals surface area contributed by atoms with Gasteiger partial charge < -0.3 is 15.1 Å². The van der Waals surface area contributed by atoms with Gasteiger partial charge in [-0.3, -0.25) is 0 Å². The number of nitrogens with zero attached hydrogens (tertiary/aromatic N) is 1. The second-order valence-corrected chi connectivity index (χ2v) is 5.79. The molecule has 2 aromatic carbocycles. The molecule has 4 heteroatoms. The molecule has 0 aliphatic heterocycles. The monoisotopic (exact) mass is 299 g/mol. The number of aromatic carboxylic acids is 1. The van der Waals surface area contributed by atoms with Crippen LogP contribution in [0.15, 0.2) is 42.5 Å². The molecular weight excluding hydrogens is 278 g/mol. The zero-order valence-electron chi connectivity index (χ0n) is 13.1. The molecule has 0 saturated heterocycles. The Balaban J connectivity index is 2.47. The normalized spacial score (nSPS) is 12.4. The number of benzene rings is 2. The van der Waals surface area contributed by atoms with Crippen LogP contribution in [-0.4, -0.2) is 41.7 Å². The number of aliphatic hydroxyl groups excluding tert-OH is 1. The standard InChI is InChI=1S/C18H21NO3/c1-12-4-6-13(7-5-12)14-8-15(17(20)11-19(2)3)10-16(9-14)18(21)22/h4-10,17,20H,11H2,1-3H3,(H,21,22). The largest absolute Gasteiger partial charge is 0.478 e. The summed E-state index contributed by atoms with van der Waals surface area (Å²) in [6.07, 6.45) is -0.724. The van der Waals surface area contributed by atoms with E-state index in [0.717, 1.165) is 16.7 Å². The molecule has 116 valence electrons. The summed E-state index contributed by atoms with van der Waals surface area (Å²) in [5, 5.41) is 19.6. The summed E-state index contributed by atoms with van der Waals surface area (Å²) in [6.45, 7) is 2.44. The fourth-order valence-electron chi connectivity index (χ4n) is 2.33. The number of carboxylic acids is 1. The minimum Gasteiger partial charge on any atom is -0.478 e. The number of carboxylic acid groups (broad SMARTS) is 1. The van der Waals surface area contributed by atoms with Gasteiger partial charge in [0.2, 0.25) is 0 Å². The molecule has 22 heavy (non-hydrogen) atoms. The van der Waals surface area contributed by atoms with E-state index in [1.807, 2.05) is 56.3 Å². The van der Waals surface area contributed by atoms with Gasteiger partial charge in [-0.15, -0.1) is 0 Å². The van der Waals surface area contributed by atoms with Crippen molar-refractivity contribution in [3.05, 3.63) is 59.2 Å². The molecule has 0 fully saturated rings. The summed E-state index contributed by atoms with van der Waals surface area (Å²) in [5.74, 6) is -0.993. The Hall–Kier alpha value is -2.17. The van der Waals surface area contributed by atoms with Crippen molar-refractivity contribution < 1.29 is 15.0 Å². The summed E-state index contributed by atoms with van der Waals surface area (Å²) >= 11 is 0. The molecule has 0 bridgehead atoms. The quantitative estimate of drug-likeness (QED) is 0.891. The smallest absolute Gasteiger partial charge is 0.335 e. The molecule has 0 aromatic heterocycles. The number of hydrogen-bond donors (Lipinski definition) is 2. The molecule has 1 atom stereocenters. The van der Waals surface area contributed by atoms with Crippen LogP contribution in [0.5, 0.6) is 0 Å². The molecule has 0 aliphatic carbocycles. The molecule has 2 N–H and O–H groups in total. The number of hydrogen-bond acceptors (Lipinski definition) is 3. The van der Waals surface area contributed by atoms with E-state index in [1.165, 1.54) is 6.07 Å². The van der Waals surface area contributed by atoms with Gasteiger partial charge in [0.1, 0.15) is 0 Å². The van der Waals surface area contributed by atoms with Crippen molar-refractivity contribution in [2.75, 3.05) is 20.6 Å². The molecule has 0 heterocycles. The molecule has 4 nitrogen and oxygen atoms in total. The van der Waals surface area contributed by atoms with Crippen LogP contribution in [0.1, 0.15) is 27.6 Å². The number of rotatable bonds is 5. The third kappa shape index (κ3) is 3.93. The Labute approximate surface area is 130 Å². The van der Waals surface area contributed by atoms with Crippen LogP contribution in [0, 0.1) is 6.92 Å². The molecule has 0 saturated carbocycles. The molecule has 0 radical (unpaired) electrons. The lowest BCUT2D eigenvalue weighted by Crippen LogP contribution is -2.20. The Morgan fingerprint density at radius 1 is 1.09 bits per heavy atom. The van der Waals surface area contributed by atoms with Crippen molar-refractivity contribution in [2.45, 2.75) is 13.0 Å². The average Bonchev–Trinajstić information content (AvgIpc) is 2.46. The van der Waals surface area contributed by atoms with Crippen LogP contribution >= 0.6 is 0 Å². The predicted molar refractivity (Wildman–Crippen MR) is 87.1 cm³/mol. The predicted octanol–water partition coefficient (Wildman–Crippen LogP) is 2.96. The van der Waals surface area contributed by atoms with Crippen molar-refractivity contribution >= 4 is 5.97 Å². The minimum atomic E-state index is -0.993. The maximum Gasteiger partial charge on any atom is 0.335 e. The Kier molecular flexibility index (Phi) is 4.96. The number of aliphatic hydroxyl groups is 1. The number of carbonyl (C=O) groups is 1. The van der Waals surface area contributed by atoms with E-state index in [0.29, 0.717) is 12.1 Å². The number of aryl methyl sites for hydroxylation is 1. The maximum atomic E-state index is 11.3. The molecule has 0 aliphatic rings. The Morgan fingerprint density at radius 3 is 2.27 bits per heavy atom. The first-order valence-electron chi connectivity index (χ1n) is 7.15. The Morgan fingerprint density at radius 2 is 1.73 bits per heavy atom. The van der Waals surface area contributed by atoms with E-state index in [1.54, 1.807) is 6.07 Å². The molecule has 0 spiro atoms. The molecule has 0 amide bonds. The Bertz CT molecular complexity index is 663. The topological polar surface area (TPSA) is 60.8 Å². The first-order valence-corrected chi connectivity index (χ1v) is 7.15. The van der Waals surface area contributed by atoms with Crippen molar-refractivity contribution in [3.63, 3.8) is 0 Å². The molecule has 1 unspecified atom stereocenters. The molecule has 2 rings (SSSR count). The highest BCUT2D eigenvalue weighted by atomic mass is 16.4. The zero-order valence-corrected chi connectivity index (χ0v) is 13.1. The first kappa shape index (κ1) is 16.2. The third-order valence-corrected chi connectivity index (χ3v) is 3.51. The second kappa shape index (κ2) is 6.73. The number of likely N-dealkylation sites (N-methyl/N-ethyl adjacent to an activating group) is 1. The lowest BCUT2D eigenvalue weighted by Gasteiger charge is -2.18. The van der Waals surface area contributed by atoms with Crippen molar-refractivity contribution in [1.29, 1.82) is 0 Å². The van der Waals surface area contributed by atoms with Crippen molar-refractivity contribution in [1.82, 2.24) is 4.90 Å². The van der Waals surface area contributed by atoms with Crippen molar-refractivity contribution in [2.24, 2.45) is 0 Å². The molecule has 2 aromatic rings. The zero-order chi connectivity index (χ0) is 16.3. The highest BCUT2D eigenvalue weighted by Crippen LogP contribution is 2.26. The highest BCUT2D eigenvalue weighted by Gasteiger charge is 2.14. The van der Waals surface area contributed by atoms with Gasteiger partial charge in [0, 0.05) is 6.54 Å². The van der Waals surface area contributed by atoms with E-state index in [2.05, 4.69) is 0 Å². The van der Waals surface area contributed by atoms with Gasteiger partial charge in [0.25, 0.3) is 0 Å². The summed E-state index contributed by atoms with van der Waals surface area (Å²) in [6, 6.07) is 12.9. The van der Waals surface area contributed by atoms with E-state index < -0.39 is 12.1 Å². The maximum absolute atomic E-state index is 11.3. The highest BCUT2D eigenvalue weighted by molar-refractivity contribution is 5.90. The minimum absolute atomic E-state index is 0.186. The van der Waals surface area contributed by atoms with Gasteiger partial charge in [-0.2, -0.15) is 0 Å². The average molecular weight is 299 g/mol. The van der Waals surface area contributed by atoms with E-state index in [4.69, 9.17) is 0 Å². The summed E-state index contributed by atoms with van der Waals surface area (Å²) < 4.78 is 0. The lowest BCUT2D eigenvalue weighted by atomic mass is 9.96. The summed E-state index contributed by atoms with van der Waals surface area (Å²) in [7, 11) is 3.73. The SMILES string of the molecule is Cc1ccc(-c2cc(C(=O)O)cc(C(O)CN(C)C)c2)cc1. The van der Waals surface area contributed by atoms with Gasteiger partial charge >= 0.3 is 5.97 Å². The first-order chi connectivity index (χ1) is 10.4. The summed E-state index contributed by atoms with van der Waals surface area (Å²) in [5.41, 5.74) is 3.68. The van der Waals surface area contributed by atoms with Crippen LogP contribution < -0.4 is 0 Å². The van der Waals surface area contributed by atoms with Gasteiger partial charge in [-0.1, -0.05) is 29.8 Å². The van der Waals surface area contributed by atoms with E-state index >= 15 is 0 Å². The van der Waals surface area contributed by atoms with Crippen molar-refractivity contribution in [3.8, 4) is 11.1 Å². The van der Waals surface area contributed by atoms with Crippen LogP contribution in [0.3, 0.4) is 0 Å². The van der Waals surface area contributed by atoms with Crippen LogP contribution in [0.4, 0.5) is 0 Å². The lowest BCUT2D eigenvalue weighted by molar-refractivity contribution is 0.0696. The van der Waals surface area contributed by atoms with Gasteiger partial charge in [0.15, 0.2) is 0 Å². The van der Waals surface area contributed by atoms with E-state index in [-0.39, 0.29) is 5.56 Å².